The highest BCUT2D eigenvalue weighted by Gasteiger charge is 2.48. The number of amidine groups is 1. The Labute approximate surface area is 236 Å². The zero-order valence-corrected chi connectivity index (χ0v) is 24.5. The van der Waals surface area contributed by atoms with Crippen LogP contribution in [0.2, 0.25) is 0 Å². The van der Waals surface area contributed by atoms with Gasteiger partial charge in [-0.2, -0.15) is 4.31 Å². The number of rotatable bonds is 6. The van der Waals surface area contributed by atoms with E-state index in [4.69, 9.17) is 4.99 Å². The van der Waals surface area contributed by atoms with Gasteiger partial charge in [0.25, 0.3) is 11.8 Å². The quantitative estimate of drug-likeness (QED) is 0.507. The topological polar surface area (TPSA) is 128 Å². The number of hydrogen-bond acceptors (Lipinski definition) is 6. The average Bonchev–Trinajstić information content (AvgIpc) is 3.41. The molecule has 2 N–H and O–H groups in total. The summed E-state index contributed by atoms with van der Waals surface area (Å²) in [5.41, 5.74) is 1.79. The number of aryl methyl sites for hydroxylation is 2. The molecule has 3 aliphatic heterocycles. The molecule has 0 unspecified atom stereocenters. The average molecular weight is 570 g/mol. The molecule has 1 aliphatic carbocycles. The summed E-state index contributed by atoms with van der Waals surface area (Å²) in [5, 5.41) is 6.75. The summed E-state index contributed by atoms with van der Waals surface area (Å²) in [4.78, 5) is 43.1. The molecule has 216 valence electrons. The zero-order chi connectivity index (χ0) is 28.8. The second-order valence-electron chi connectivity index (χ2n) is 12.0. The van der Waals surface area contributed by atoms with Crippen LogP contribution in [0.4, 0.5) is 10.5 Å². The van der Waals surface area contributed by atoms with E-state index in [1.165, 1.54) is 9.71 Å². The number of amides is 4. The summed E-state index contributed by atoms with van der Waals surface area (Å²) in [6, 6.07) is 2.94. The number of nitrogens with zero attached hydrogens (tertiary/aromatic N) is 3. The summed E-state index contributed by atoms with van der Waals surface area (Å²) < 4.78 is 27.9. The van der Waals surface area contributed by atoms with E-state index in [0.717, 1.165) is 53.5 Å². The molecule has 5 rings (SSSR count). The van der Waals surface area contributed by atoms with Crippen LogP contribution in [0.1, 0.15) is 69.1 Å². The molecular weight excluding hydrogens is 530 g/mol. The third-order valence-corrected chi connectivity index (χ3v) is 10.7. The fraction of sp³-hybridized carbons (Fsp3) is 0.586. The Balaban J connectivity index is 1.24. The van der Waals surface area contributed by atoms with Crippen LogP contribution in [0.15, 0.2) is 22.5 Å². The maximum absolute atomic E-state index is 13.2. The molecule has 4 aliphatic rings. The lowest BCUT2D eigenvalue weighted by atomic mass is 9.76. The molecule has 11 heteroatoms. The van der Waals surface area contributed by atoms with Gasteiger partial charge in [0.1, 0.15) is 11.4 Å². The number of carbonyl (C=O) groups is 3. The van der Waals surface area contributed by atoms with E-state index in [0.29, 0.717) is 30.0 Å². The highest BCUT2D eigenvalue weighted by Crippen LogP contribution is 2.38. The molecule has 4 amide bonds. The molecule has 0 radical (unpaired) electrons. The summed E-state index contributed by atoms with van der Waals surface area (Å²) in [5.74, 6) is 2.04. The van der Waals surface area contributed by atoms with Crippen LogP contribution in [-0.2, 0) is 19.6 Å². The number of benzene rings is 1. The number of anilines is 1. The van der Waals surface area contributed by atoms with E-state index in [1.54, 1.807) is 18.2 Å². The normalized spacial score (nSPS) is 25.7. The van der Waals surface area contributed by atoms with Gasteiger partial charge >= 0.3 is 6.03 Å². The van der Waals surface area contributed by atoms with E-state index in [2.05, 4.69) is 24.5 Å². The Morgan fingerprint density at radius 3 is 2.20 bits per heavy atom. The molecule has 1 spiro atoms. The standard InChI is InChI=1S/C29H39N5O5S/c1-18(2)21-5-7-22(8-6-21)26-31-27(36)29(32-26)10-12-33(13-11-29)40(38,39)14-9-24-19(3)15-23(16-20(24)4)34-25(35)17-30-28(34)37/h9,14-16,18,21-22H,5-8,10-13,17H2,1-4H3,(H,30,37)(H,31,32,36)/b14-9+. The van der Waals surface area contributed by atoms with Gasteiger partial charge in [0.2, 0.25) is 10.0 Å². The number of imide groups is 1. The first kappa shape index (κ1) is 28.5. The number of piperidine rings is 1. The van der Waals surface area contributed by atoms with Crippen LogP contribution < -0.4 is 15.5 Å². The Kier molecular flexibility index (Phi) is 7.64. The van der Waals surface area contributed by atoms with Crippen molar-refractivity contribution >= 4 is 45.5 Å². The van der Waals surface area contributed by atoms with Crippen LogP contribution in [0.5, 0.6) is 0 Å². The maximum Gasteiger partial charge on any atom is 0.329 e. The Morgan fingerprint density at radius 1 is 1.02 bits per heavy atom. The van der Waals surface area contributed by atoms with Gasteiger partial charge in [-0.1, -0.05) is 13.8 Å². The Hall–Kier alpha value is -3.05. The molecule has 10 nitrogen and oxygen atoms in total. The smallest absolute Gasteiger partial charge is 0.328 e. The molecule has 3 fully saturated rings. The van der Waals surface area contributed by atoms with E-state index in [9.17, 15) is 22.8 Å². The number of nitrogens with one attached hydrogen (secondary N) is 2. The molecule has 1 aromatic rings. The minimum absolute atomic E-state index is 0.0401. The van der Waals surface area contributed by atoms with Gasteiger partial charge < -0.3 is 10.6 Å². The van der Waals surface area contributed by atoms with Gasteiger partial charge in [-0.05, 0) is 99.1 Å². The maximum atomic E-state index is 13.2. The van der Waals surface area contributed by atoms with Crippen LogP contribution in [0.3, 0.4) is 0 Å². The molecule has 0 bridgehead atoms. The van der Waals surface area contributed by atoms with Crippen LogP contribution in [0, 0.1) is 31.6 Å². The second-order valence-corrected chi connectivity index (χ2v) is 13.8. The minimum Gasteiger partial charge on any atom is -0.328 e. The number of urea groups is 1. The van der Waals surface area contributed by atoms with Crippen LogP contribution in [0.25, 0.3) is 6.08 Å². The first-order valence-electron chi connectivity index (χ1n) is 14.2. The number of sulfonamides is 1. The predicted molar refractivity (Wildman–Crippen MR) is 154 cm³/mol. The third-order valence-electron chi connectivity index (χ3n) is 9.10. The van der Waals surface area contributed by atoms with E-state index in [1.807, 2.05) is 13.8 Å². The van der Waals surface area contributed by atoms with Crippen molar-refractivity contribution in [1.29, 1.82) is 0 Å². The minimum atomic E-state index is -3.73. The number of hydrogen-bond donors (Lipinski definition) is 2. The molecule has 40 heavy (non-hydrogen) atoms. The lowest BCUT2D eigenvalue weighted by Crippen LogP contribution is -2.50. The van der Waals surface area contributed by atoms with Gasteiger partial charge in [0, 0.05) is 24.4 Å². The first-order chi connectivity index (χ1) is 18.9. The fourth-order valence-electron chi connectivity index (χ4n) is 6.51. The number of aliphatic imine (C=N–C) groups is 1. The molecular formula is C29H39N5O5S. The second kappa shape index (κ2) is 10.7. The Bertz CT molecular complexity index is 1340. The fourth-order valence-corrected chi connectivity index (χ4v) is 7.68. The van der Waals surface area contributed by atoms with E-state index < -0.39 is 21.6 Å². The zero-order valence-electron chi connectivity index (χ0n) is 23.7. The van der Waals surface area contributed by atoms with Crippen molar-refractivity contribution in [2.45, 2.75) is 71.8 Å². The van der Waals surface area contributed by atoms with Crippen molar-refractivity contribution in [2.24, 2.45) is 22.7 Å². The third kappa shape index (κ3) is 5.33. The van der Waals surface area contributed by atoms with Gasteiger partial charge in [0.05, 0.1) is 12.2 Å². The lowest BCUT2D eigenvalue weighted by Gasteiger charge is -2.34. The number of carbonyl (C=O) groups excluding carboxylic acids is 3. The highest BCUT2D eigenvalue weighted by atomic mass is 32.2. The lowest BCUT2D eigenvalue weighted by molar-refractivity contribution is -0.125. The van der Waals surface area contributed by atoms with E-state index in [-0.39, 0.29) is 37.4 Å². The Morgan fingerprint density at radius 2 is 1.65 bits per heavy atom. The molecule has 1 aromatic carbocycles. The van der Waals surface area contributed by atoms with Crippen molar-refractivity contribution in [2.75, 3.05) is 24.5 Å². The summed E-state index contributed by atoms with van der Waals surface area (Å²) >= 11 is 0. The molecule has 0 aromatic heterocycles. The van der Waals surface area contributed by atoms with Gasteiger partial charge in [-0.15, -0.1) is 0 Å². The molecule has 0 atom stereocenters. The van der Waals surface area contributed by atoms with Crippen LogP contribution >= 0.6 is 0 Å². The summed E-state index contributed by atoms with van der Waals surface area (Å²) in [6.45, 7) is 8.57. The van der Waals surface area contributed by atoms with E-state index >= 15 is 0 Å². The summed E-state index contributed by atoms with van der Waals surface area (Å²) in [7, 11) is -3.73. The van der Waals surface area contributed by atoms with Crippen molar-refractivity contribution in [3.05, 3.63) is 34.2 Å². The monoisotopic (exact) mass is 569 g/mol. The van der Waals surface area contributed by atoms with Gasteiger partial charge in [-0.3, -0.25) is 14.6 Å². The van der Waals surface area contributed by atoms with Crippen molar-refractivity contribution in [3.8, 4) is 0 Å². The largest absolute Gasteiger partial charge is 0.329 e. The van der Waals surface area contributed by atoms with Gasteiger partial charge in [0.15, 0.2) is 0 Å². The highest BCUT2D eigenvalue weighted by molar-refractivity contribution is 7.92. The van der Waals surface area contributed by atoms with Gasteiger partial charge in [-0.25, -0.2) is 18.1 Å². The summed E-state index contributed by atoms with van der Waals surface area (Å²) in [6.07, 6.45) is 6.64. The predicted octanol–water partition coefficient (Wildman–Crippen LogP) is 3.49. The van der Waals surface area contributed by atoms with Crippen molar-refractivity contribution < 1.29 is 22.8 Å². The van der Waals surface area contributed by atoms with Crippen LogP contribution in [-0.4, -0.2) is 61.6 Å². The molecule has 3 heterocycles. The molecule has 2 saturated heterocycles. The van der Waals surface area contributed by atoms with Crippen molar-refractivity contribution in [3.63, 3.8) is 0 Å². The molecule has 1 saturated carbocycles. The first-order valence-corrected chi connectivity index (χ1v) is 15.7. The van der Waals surface area contributed by atoms with Crippen molar-refractivity contribution in [1.82, 2.24) is 14.9 Å². The SMILES string of the molecule is Cc1cc(N2C(=O)CNC2=O)cc(C)c1/C=C/S(=O)(=O)N1CCC2(CC1)N=C(C1CCC(C(C)C)CC1)NC2=O.